The van der Waals surface area contributed by atoms with E-state index in [9.17, 15) is 0 Å². The second-order valence-corrected chi connectivity index (χ2v) is 5.52. The lowest BCUT2D eigenvalue weighted by Gasteiger charge is -2.15. The molecule has 1 aromatic heterocycles. The number of aromatic nitrogens is 2. The molecule has 2 nitrogen and oxygen atoms in total. The zero-order valence-corrected chi connectivity index (χ0v) is 12.3. The van der Waals surface area contributed by atoms with Crippen molar-refractivity contribution < 1.29 is 0 Å². The smallest absolute Gasteiger partial charge is 0.0519 e. The first-order valence-corrected chi connectivity index (χ1v) is 7.84. The van der Waals surface area contributed by atoms with Gasteiger partial charge in [0.15, 0.2) is 0 Å². The van der Waals surface area contributed by atoms with Crippen LogP contribution < -0.4 is 0 Å². The Hall–Kier alpha value is -0.790. The van der Waals surface area contributed by atoms with E-state index in [1.807, 2.05) is 6.20 Å². The number of H-pyrrole nitrogens is 1. The molecule has 1 rings (SSSR count). The van der Waals surface area contributed by atoms with Crippen molar-refractivity contribution in [3.8, 4) is 0 Å². The summed E-state index contributed by atoms with van der Waals surface area (Å²) in [6.45, 7) is 4.57. The lowest BCUT2D eigenvalue weighted by atomic mass is 9.90. The quantitative estimate of drug-likeness (QED) is 0.543. The Morgan fingerprint density at radius 1 is 1.00 bits per heavy atom. The van der Waals surface area contributed by atoms with Crippen LogP contribution >= 0.6 is 0 Å². The van der Waals surface area contributed by atoms with E-state index in [0.29, 0.717) is 0 Å². The molecule has 0 aliphatic rings. The molecule has 18 heavy (non-hydrogen) atoms. The fraction of sp³-hybridized carbons (Fsp3) is 0.812. The van der Waals surface area contributed by atoms with Gasteiger partial charge in [-0.2, -0.15) is 5.10 Å². The molecule has 0 bridgehead atoms. The molecule has 0 amide bonds. The monoisotopic (exact) mass is 250 g/mol. The maximum absolute atomic E-state index is 4.06. The third-order valence-electron chi connectivity index (χ3n) is 3.76. The number of hydrogen-bond donors (Lipinski definition) is 1. The van der Waals surface area contributed by atoms with Crippen LogP contribution in [0.4, 0.5) is 0 Å². The number of nitrogens with zero attached hydrogens (tertiary/aromatic N) is 1. The fourth-order valence-electron chi connectivity index (χ4n) is 2.61. The van der Waals surface area contributed by atoms with Crippen molar-refractivity contribution in [2.45, 2.75) is 78.1 Å². The average molecular weight is 250 g/mol. The maximum atomic E-state index is 4.06. The van der Waals surface area contributed by atoms with Crippen LogP contribution in [0.5, 0.6) is 0 Å². The molecule has 104 valence electrons. The molecule has 2 heteroatoms. The van der Waals surface area contributed by atoms with Gasteiger partial charge in [0.25, 0.3) is 0 Å². The number of unbranched alkanes of at least 4 members (excludes halogenated alkanes) is 5. The fourth-order valence-corrected chi connectivity index (χ4v) is 2.61. The SMILES string of the molecule is CCCCCCC(CCCCC)Cc1cn[nH]c1. The number of rotatable bonds is 11. The van der Waals surface area contributed by atoms with Crippen LogP contribution in [0.1, 0.15) is 77.2 Å². The zero-order chi connectivity index (χ0) is 13.1. The number of hydrogen-bond acceptors (Lipinski definition) is 1. The summed E-state index contributed by atoms with van der Waals surface area (Å²) in [7, 11) is 0. The zero-order valence-electron chi connectivity index (χ0n) is 12.3. The predicted octanol–water partition coefficient (Wildman–Crippen LogP) is 5.12. The molecule has 1 unspecified atom stereocenters. The van der Waals surface area contributed by atoms with Gasteiger partial charge in [-0.05, 0) is 17.9 Å². The van der Waals surface area contributed by atoms with Crippen LogP contribution in [0.15, 0.2) is 12.4 Å². The molecule has 0 aliphatic heterocycles. The van der Waals surface area contributed by atoms with Crippen molar-refractivity contribution in [3.63, 3.8) is 0 Å². The minimum absolute atomic E-state index is 0.867. The van der Waals surface area contributed by atoms with Crippen LogP contribution in [0.25, 0.3) is 0 Å². The van der Waals surface area contributed by atoms with Gasteiger partial charge >= 0.3 is 0 Å². The highest BCUT2D eigenvalue weighted by atomic mass is 15.1. The molecule has 0 spiro atoms. The van der Waals surface area contributed by atoms with Gasteiger partial charge in [0.1, 0.15) is 0 Å². The molecule has 0 saturated carbocycles. The molecular weight excluding hydrogens is 220 g/mol. The Kier molecular flexibility index (Phi) is 8.62. The first-order chi connectivity index (χ1) is 8.86. The Morgan fingerprint density at radius 3 is 2.28 bits per heavy atom. The third-order valence-corrected chi connectivity index (χ3v) is 3.76. The Labute approximate surface area is 113 Å². The van der Waals surface area contributed by atoms with E-state index in [2.05, 4.69) is 30.2 Å². The van der Waals surface area contributed by atoms with Gasteiger partial charge in [-0.25, -0.2) is 0 Å². The minimum atomic E-state index is 0.867. The highest BCUT2D eigenvalue weighted by Gasteiger charge is 2.10. The topological polar surface area (TPSA) is 28.7 Å². The van der Waals surface area contributed by atoms with E-state index in [0.717, 1.165) is 5.92 Å². The summed E-state index contributed by atoms with van der Waals surface area (Å²) in [5.41, 5.74) is 1.38. The van der Waals surface area contributed by atoms with Crippen molar-refractivity contribution in [3.05, 3.63) is 18.0 Å². The molecule has 0 fully saturated rings. The summed E-state index contributed by atoms with van der Waals surface area (Å²) in [5.74, 6) is 0.867. The predicted molar refractivity (Wildman–Crippen MR) is 78.7 cm³/mol. The first-order valence-electron chi connectivity index (χ1n) is 7.84. The summed E-state index contributed by atoms with van der Waals surface area (Å²) in [4.78, 5) is 0. The van der Waals surface area contributed by atoms with Gasteiger partial charge in [0.05, 0.1) is 6.20 Å². The Balaban J connectivity index is 2.27. The average Bonchev–Trinajstić information content (AvgIpc) is 2.87. The lowest BCUT2D eigenvalue weighted by Crippen LogP contribution is -2.04. The summed E-state index contributed by atoms with van der Waals surface area (Å²) >= 11 is 0. The Morgan fingerprint density at radius 2 is 1.67 bits per heavy atom. The van der Waals surface area contributed by atoms with Crippen molar-refractivity contribution in [2.24, 2.45) is 5.92 Å². The van der Waals surface area contributed by atoms with Gasteiger partial charge in [0, 0.05) is 6.20 Å². The summed E-state index contributed by atoms with van der Waals surface area (Å²) in [6, 6.07) is 0. The van der Waals surface area contributed by atoms with E-state index in [1.54, 1.807) is 0 Å². The van der Waals surface area contributed by atoms with E-state index >= 15 is 0 Å². The second-order valence-electron chi connectivity index (χ2n) is 5.52. The van der Waals surface area contributed by atoms with Crippen LogP contribution in [0.2, 0.25) is 0 Å². The summed E-state index contributed by atoms with van der Waals surface area (Å²) < 4.78 is 0. The highest BCUT2D eigenvalue weighted by Crippen LogP contribution is 2.21. The first kappa shape index (κ1) is 15.3. The van der Waals surface area contributed by atoms with Crippen LogP contribution in [-0.4, -0.2) is 10.2 Å². The van der Waals surface area contributed by atoms with Gasteiger partial charge in [-0.3, -0.25) is 5.10 Å². The van der Waals surface area contributed by atoms with E-state index in [4.69, 9.17) is 0 Å². The lowest BCUT2D eigenvalue weighted by molar-refractivity contribution is 0.406. The molecule has 1 heterocycles. The molecule has 0 saturated heterocycles. The standard InChI is InChI=1S/C16H30N2/c1-3-5-7-9-11-15(10-8-6-4-2)12-16-13-17-18-14-16/h13-15H,3-12H2,1-2H3,(H,17,18). The molecule has 1 aromatic rings. The largest absolute Gasteiger partial charge is 0.285 e. The number of nitrogens with one attached hydrogen (secondary N) is 1. The molecule has 1 N–H and O–H groups in total. The van der Waals surface area contributed by atoms with Crippen molar-refractivity contribution in [2.75, 3.05) is 0 Å². The van der Waals surface area contributed by atoms with Gasteiger partial charge in [-0.1, -0.05) is 71.6 Å². The van der Waals surface area contributed by atoms with E-state index < -0.39 is 0 Å². The molecule has 0 radical (unpaired) electrons. The van der Waals surface area contributed by atoms with E-state index in [1.165, 1.54) is 69.8 Å². The highest BCUT2D eigenvalue weighted by molar-refractivity contribution is 5.03. The Bertz CT molecular complexity index is 267. The molecule has 0 aliphatic carbocycles. The van der Waals surface area contributed by atoms with Crippen LogP contribution in [0.3, 0.4) is 0 Å². The second kappa shape index (κ2) is 10.2. The van der Waals surface area contributed by atoms with Crippen molar-refractivity contribution in [1.82, 2.24) is 10.2 Å². The molecule has 0 aromatic carbocycles. The van der Waals surface area contributed by atoms with Crippen LogP contribution in [-0.2, 0) is 6.42 Å². The van der Waals surface area contributed by atoms with Crippen LogP contribution in [0, 0.1) is 5.92 Å². The van der Waals surface area contributed by atoms with Crippen molar-refractivity contribution >= 4 is 0 Å². The van der Waals surface area contributed by atoms with Crippen molar-refractivity contribution in [1.29, 1.82) is 0 Å². The minimum Gasteiger partial charge on any atom is -0.285 e. The number of aromatic amines is 1. The normalized spacial score (nSPS) is 12.8. The molecule has 1 atom stereocenters. The third kappa shape index (κ3) is 6.83. The maximum Gasteiger partial charge on any atom is 0.0519 e. The summed E-state index contributed by atoms with van der Waals surface area (Å²) in [5, 5.41) is 6.99. The summed E-state index contributed by atoms with van der Waals surface area (Å²) in [6.07, 6.45) is 17.7. The van der Waals surface area contributed by atoms with E-state index in [-0.39, 0.29) is 0 Å². The molecular formula is C16H30N2. The van der Waals surface area contributed by atoms with Gasteiger partial charge in [0.2, 0.25) is 0 Å². The van der Waals surface area contributed by atoms with Gasteiger partial charge < -0.3 is 0 Å². The van der Waals surface area contributed by atoms with Gasteiger partial charge in [-0.15, -0.1) is 0 Å².